The normalized spacial score (nSPS) is 24.1. The Balaban J connectivity index is 1.87. The van der Waals surface area contributed by atoms with Crippen LogP contribution in [0.4, 0.5) is 5.69 Å². The Hall–Kier alpha value is -1.79. The molecule has 2 atom stereocenters. The molecule has 1 heterocycles. The van der Waals surface area contributed by atoms with Crippen LogP contribution in [0.1, 0.15) is 20.3 Å². The fourth-order valence-corrected chi connectivity index (χ4v) is 2.99. The summed E-state index contributed by atoms with van der Waals surface area (Å²) in [4.78, 5) is 13.6. The van der Waals surface area contributed by atoms with E-state index in [-0.39, 0.29) is 18.1 Å². The highest BCUT2D eigenvalue weighted by Crippen LogP contribution is 2.25. The van der Waals surface area contributed by atoms with Gasteiger partial charge in [-0.15, -0.1) is 0 Å². The molecule has 1 aliphatic heterocycles. The van der Waals surface area contributed by atoms with Crippen molar-refractivity contribution in [2.24, 2.45) is 0 Å². The molecule has 1 saturated heterocycles. The highest BCUT2D eigenvalue weighted by Gasteiger charge is 2.25. The van der Waals surface area contributed by atoms with Crippen molar-refractivity contribution in [3.8, 4) is 11.5 Å². The molecule has 6 nitrogen and oxygen atoms in total. The van der Waals surface area contributed by atoms with Crippen molar-refractivity contribution in [1.82, 2.24) is 0 Å². The van der Waals surface area contributed by atoms with E-state index >= 15 is 0 Å². The maximum atomic E-state index is 12.2. The number of nitrogens with one attached hydrogen (secondary N) is 2. The van der Waals surface area contributed by atoms with Gasteiger partial charge in [0.1, 0.15) is 36.8 Å². The zero-order valence-corrected chi connectivity index (χ0v) is 14.3. The second-order valence-electron chi connectivity index (χ2n) is 6.07. The number of ether oxygens (including phenoxy) is 3. The van der Waals surface area contributed by atoms with Gasteiger partial charge in [-0.05, 0) is 13.8 Å². The predicted octanol–water partition coefficient (Wildman–Crippen LogP) is 0.725. The van der Waals surface area contributed by atoms with Crippen LogP contribution in [0.5, 0.6) is 11.5 Å². The second kappa shape index (κ2) is 8.17. The molecule has 2 unspecified atom stereocenters. The molecule has 2 N–H and O–H groups in total. The molecule has 6 heteroatoms. The van der Waals surface area contributed by atoms with Gasteiger partial charge in [0.25, 0.3) is 0 Å². The minimum atomic E-state index is -0.000367. The molecule has 23 heavy (non-hydrogen) atoms. The Morgan fingerprint density at radius 3 is 2.26 bits per heavy atom. The van der Waals surface area contributed by atoms with Crippen LogP contribution in [0.25, 0.3) is 0 Å². The lowest BCUT2D eigenvalue weighted by Crippen LogP contribution is -3.15. The number of hydrogen-bond acceptors (Lipinski definition) is 4. The van der Waals surface area contributed by atoms with Crippen LogP contribution < -0.4 is 19.7 Å². The second-order valence-corrected chi connectivity index (χ2v) is 6.07. The summed E-state index contributed by atoms with van der Waals surface area (Å²) in [6.07, 6.45) is 0.979. The Morgan fingerprint density at radius 2 is 1.74 bits per heavy atom. The molecule has 2 rings (SSSR count). The Bertz CT molecular complexity index is 503. The average Bonchev–Trinajstić information content (AvgIpc) is 2.51. The third-order valence-corrected chi connectivity index (χ3v) is 3.96. The fourth-order valence-electron chi connectivity index (χ4n) is 2.99. The summed E-state index contributed by atoms with van der Waals surface area (Å²) in [5.41, 5.74) is 0.685. The van der Waals surface area contributed by atoms with Crippen molar-refractivity contribution < 1.29 is 23.9 Å². The number of morpholine rings is 1. The number of anilines is 1. The number of amides is 1. The largest absolute Gasteiger partial charge is 0.497 e. The van der Waals surface area contributed by atoms with E-state index in [2.05, 4.69) is 19.2 Å². The van der Waals surface area contributed by atoms with Gasteiger partial charge in [0, 0.05) is 23.9 Å². The number of rotatable bonds is 6. The number of methoxy groups -OCH3 is 2. The highest BCUT2D eigenvalue weighted by atomic mass is 16.5. The van der Waals surface area contributed by atoms with Crippen LogP contribution in [-0.4, -0.2) is 52.0 Å². The summed E-state index contributed by atoms with van der Waals surface area (Å²) in [5.74, 6) is 1.31. The van der Waals surface area contributed by atoms with Crippen LogP contribution in [-0.2, 0) is 9.53 Å². The number of quaternary nitrogens is 1. The summed E-state index contributed by atoms with van der Waals surface area (Å²) in [6.45, 7) is 6.87. The molecule has 0 aliphatic carbocycles. The topological polar surface area (TPSA) is 61.2 Å². The first-order valence-corrected chi connectivity index (χ1v) is 8.02. The molecule has 128 valence electrons. The number of benzene rings is 1. The third kappa shape index (κ3) is 5.41. The van der Waals surface area contributed by atoms with E-state index in [4.69, 9.17) is 14.2 Å². The monoisotopic (exact) mass is 323 g/mol. The van der Waals surface area contributed by atoms with Gasteiger partial charge in [-0.2, -0.15) is 0 Å². The smallest absolute Gasteiger partial charge is 0.230 e. The van der Waals surface area contributed by atoms with E-state index in [0.717, 1.165) is 19.6 Å². The minimum Gasteiger partial charge on any atom is -0.497 e. The van der Waals surface area contributed by atoms with Crippen molar-refractivity contribution in [2.45, 2.75) is 32.5 Å². The quantitative estimate of drug-likeness (QED) is 0.810. The first-order chi connectivity index (χ1) is 11.0. The zero-order valence-electron chi connectivity index (χ0n) is 14.3. The molecule has 0 saturated carbocycles. The maximum Gasteiger partial charge on any atom is 0.230 e. The van der Waals surface area contributed by atoms with Gasteiger partial charge in [0.15, 0.2) is 0 Å². The Labute approximate surface area is 137 Å². The molecule has 1 aliphatic rings. The summed E-state index contributed by atoms with van der Waals surface area (Å²) in [6, 6.07) is 5.34. The average molecular weight is 323 g/mol. The van der Waals surface area contributed by atoms with Gasteiger partial charge in [-0.3, -0.25) is 4.79 Å². The minimum absolute atomic E-state index is 0.000367. The predicted molar refractivity (Wildman–Crippen MR) is 88.4 cm³/mol. The molecule has 1 aromatic rings. The van der Waals surface area contributed by atoms with E-state index in [1.807, 2.05) is 0 Å². The molecule has 0 aromatic heterocycles. The first-order valence-electron chi connectivity index (χ1n) is 8.02. The fraction of sp³-hybridized carbons (Fsp3) is 0.588. The van der Waals surface area contributed by atoms with E-state index in [9.17, 15) is 4.79 Å². The molecule has 1 fully saturated rings. The van der Waals surface area contributed by atoms with Gasteiger partial charge in [-0.1, -0.05) is 0 Å². The molecular formula is C17H27N2O4+. The van der Waals surface area contributed by atoms with E-state index in [1.54, 1.807) is 32.4 Å². The first kappa shape index (κ1) is 17.6. The summed E-state index contributed by atoms with van der Waals surface area (Å²) in [5, 5.41) is 2.91. The van der Waals surface area contributed by atoms with Gasteiger partial charge >= 0.3 is 0 Å². The lowest BCUT2D eigenvalue weighted by molar-refractivity contribution is -0.914. The van der Waals surface area contributed by atoms with Crippen LogP contribution >= 0.6 is 0 Å². The summed E-state index contributed by atoms with van der Waals surface area (Å²) >= 11 is 0. The lowest BCUT2D eigenvalue weighted by Gasteiger charge is -2.32. The van der Waals surface area contributed by atoms with Crippen molar-refractivity contribution in [3.63, 3.8) is 0 Å². The van der Waals surface area contributed by atoms with Crippen molar-refractivity contribution in [2.75, 3.05) is 39.2 Å². The Morgan fingerprint density at radius 1 is 1.17 bits per heavy atom. The van der Waals surface area contributed by atoms with Gasteiger partial charge in [0.2, 0.25) is 5.91 Å². The van der Waals surface area contributed by atoms with Gasteiger partial charge in [-0.25, -0.2) is 0 Å². The Kier molecular flexibility index (Phi) is 6.24. The van der Waals surface area contributed by atoms with E-state index in [0.29, 0.717) is 23.6 Å². The number of carbonyl (C=O) groups excluding carboxylic acids is 1. The van der Waals surface area contributed by atoms with Gasteiger partial charge < -0.3 is 24.4 Å². The van der Waals surface area contributed by atoms with Crippen molar-refractivity contribution in [1.29, 1.82) is 0 Å². The van der Waals surface area contributed by atoms with E-state index in [1.165, 1.54) is 4.90 Å². The van der Waals surface area contributed by atoms with Crippen LogP contribution in [0.3, 0.4) is 0 Å². The van der Waals surface area contributed by atoms with Gasteiger partial charge in [0.05, 0.1) is 27.2 Å². The van der Waals surface area contributed by atoms with Crippen molar-refractivity contribution >= 4 is 11.6 Å². The molecule has 0 spiro atoms. The van der Waals surface area contributed by atoms with Crippen LogP contribution in [0.2, 0.25) is 0 Å². The zero-order chi connectivity index (χ0) is 16.8. The van der Waals surface area contributed by atoms with Crippen LogP contribution in [0.15, 0.2) is 18.2 Å². The summed E-state index contributed by atoms with van der Waals surface area (Å²) in [7, 11) is 3.18. The summed E-state index contributed by atoms with van der Waals surface area (Å²) < 4.78 is 16.1. The van der Waals surface area contributed by atoms with Crippen molar-refractivity contribution in [3.05, 3.63) is 18.2 Å². The molecule has 0 bridgehead atoms. The molecule has 1 aromatic carbocycles. The van der Waals surface area contributed by atoms with E-state index < -0.39 is 0 Å². The SMILES string of the molecule is COc1cc(NC(=O)CC[NH+]2CC(C)OC(C)C2)cc(OC)c1. The number of hydrogen-bond donors (Lipinski definition) is 2. The van der Waals surface area contributed by atoms with Crippen LogP contribution in [0, 0.1) is 0 Å². The lowest BCUT2D eigenvalue weighted by atomic mass is 10.2. The number of carbonyl (C=O) groups is 1. The molecular weight excluding hydrogens is 296 g/mol. The third-order valence-electron chi connectivity index (χ3n) is 3.96. The molecule has 1 amide bonds. The maximum absolute atomic E-state index is 12.2. The highest BCUT2D eigenvalue weighted by molar-refractivity contribution is 5.91. The molecule has 0 radical (unpaired) electrons. The standard InChI is InChI=1S/C17H26N2O4/c1-12-10-19(11-13(2)23-12)6-5-17(20)18-14-7-15(21-3)9-16(8-14)22-4/h7-9,12-13H,5-6,10-11H2,1-4H3,(H,18,20)/p+1.